The number of hydrogen-bond acceptors (Lipinski definition) is 6. The Labute approximate surface area is 200 Å². The number of rotatable bonds is 6. The van der Waals surface area contributed by atoms with Crippen LogP contribution in [0.15, 0.2) is 58.5 Å². The zero-order valence-corrected chi connectivity index (χ0v) is 20.4. The number of carbonyl (C=O) groups excluding carboxylic acids is 1. The van der Waals surface area contributed by atoms with Gasteiger partial charge in [-0.15, -0.1) is 4.40 Å². The van der Waals surface area contributed by atoms with Crippen molar-refractivity contribution in [3.63, 3.8) is 0 Å². The van der Waals surface area contributed by atoms with E-state index in [0.717, 1.165) is 11.3 Å². The van der Waals surface area contributed by atoms with E-state index in [2.05, 4.69) is 9.71 Å². The molecule has 2 aromatic carbocycles. The average Bonchev–Trinajstić information content (AvgIpc) is 3.11. The molecule has 2 aliphatic heterocycles. The number of amides is 1. The minimum atomic E-state index is -3.78. The highest BCUT2D eigenvalue weighted by Gasteiger charge is 2.35. The van der Waals surface area contributed by atoms with Gasteiger partial charge in [0.05, 0.1) is 14.2 Å². The van der Waals surface area contributed by atoms with E-state index in [1.54, 1.807) is 45.4 Å². The van der Waals surface area contributed by atoms with Crippen LogP contribution in [0.25, 0.3) is 4.91 Å². The molecular weight excluding hydrogens is 454 g/mol. The fourth-order valence-electron chi connectivity index (χ4n) is 4.36. The number of nitrogens with one attached hydrogen (secondary N) is 1. The van der Waals surface area contributed by atoms with Gasteiger partial charge < -0.3 is 19.7 Å². The van der Waals surface area contributed by atoms with E-state index in [0.29, 0.717) is 55.2 Å². The zero-order valence-electron chi connectivity index (χ0n) is 19.6. The SMILES string of the molecule is COc1ccc(CNC(=O)C2CCN(C3=NS(=O)(=O)C(c4ccc(OC)cc4)=C3C)CC2)cc1. The third-order valence-corrected chi connectivity index (χ3v) is 7.75. The Hall–Kier alpha value is -3.33. The summed E-state index contributed by atoms with van der Waals surface area (Å²) in [4.78, 5) is 14.9. The van der Waals surface area contributed by atoms with Crippen molar-refractivity contribution in [2.24, 2.45) is 10.3 Å². The van der Waals surface area contributed by atoms with Gasteiger partial charge in [0.15, 0.2) is 0 Å². The van der Waals surface area contributed by atoms with E-state index >= 15 is 0 Å². The normalized spacial score (nSPS) is 18.0. The van der Waals surface area contributed by atoms with Crippen LogP contribution in [0.4, 0.5) is 0 Å². The quantitative estimate of drug-likeness (QED) is 0.678. The summed E-state index contributed by atoms with van der Waals surface area (Å²) in [5.74, 6) is 1.81. The Bertz CT molecular complexity index is 1210. The Balaban J connectivity index is 1.38. The molecule has 0 spiro atoms. The molecule has 8 nitrogen and oxygen atoms in total. The second kappa shape index (κ2) is 9.89. The maximum Gasteiger partial charge on any atom is 0.285 e. The number of hydrogen-bond donors (Lipinski definition) is 1. The first-order chi connectivity index (χ1) is 16.3. The number of methoxy groups -OCH3 is 2. The third kappa shape index (κ3) is 4.94. The second-order valence-electron chi connectivity index (χ2n) is 8.40. The first-order valence-corrected chi connectivity index (χ1v) is 12.6. The summed E-state index contributed by atoms with van der Waals surface area (Å²) >= 11 is 0. The van der Waals surface area contributed by atoms with Gasteiger partial charge in [0, 0.05) is 31.1 Å². The molecule has 9 heteroatoms. The van der Waals surface area contributed by atoms with Crippen molar-refractivity contribution in [3.8, 4) is 11.5 Å². The van der Waals surface area contributed by atoms with Crippen LogP contribution in [0.3, 0.4) is 0 Å². The molecule has 34 heavy (non-hydrogen) atoms. The lowest BCUT2D eigenvalue weighted by atomic mass is 9.95. The monoisotopic (exact) mass is 483 g/mol. The molecular formula is C25H29N3O5S. The first-order valence-electron chi connectivity index (χ1n) is 11.2. The Kier molecular flexibility index (Phi) is 6.92. The topological polar surface area (TPSA) is 97.3 Å². The molecule has 2 aromatic rings. The summed E-state index contributed by atoms with van der Waals surface area (Å²) in [6.07, 6.45) is 1.28. The van der Waals surface area contributed by atoms with Gasteiger partial charge in [0.1, 0.15) is 22.2 Å². The van der Waals surface area contributed by atoms with Gasteiger partial charge in [-0.05, 0) is 67.3 Å². The van der Waals surface area contributed by atoms with Crippen molar-refractivity contribution >= 4 is 26.7 Å². The van der Waals surface area contributed by atoms with Crippen molar-refractivity contribution in [2.45, 2.75) is 26.3 Å². The summed E-state index contributed by atoms with van der Waals surface area (Å²) in [6.45, 7) is 3.39. The van der Waals surface area contributed by atoms with Gasteiger partial charge in [-0.2, -0.15) is 8.42 Å². The van der Waals surface area contributed by atoms with Crippen molar-refractivity contribution in [3.05, 3.63) is 65.2 Å². The molecule has 2 aliphatic rings. The second-order valence-corrected chi connectivity index (χ2v) is 9.94. The standard InChI is InChI=1S/C25H29N3O5S/c1-17-23(19-6-10-22(33-3)11-7-19)34(30,31)27-24(17)28-14-12-20(13-15-28)25(29)26-16-18-4-8-21(32-2)9-5-18/h4-11,20H,12-16H2,1-3H3,(H,26,29). The van der Waals surface area contributed by atoms with Gasteiger partial charge in [-0.3, -0.25) is 4.79 Å². The summed E-state index contributed by atoms with van der Waals surface area (Å²) in [5, 5.41) is 3.01. The predicted octanol–water partition coefficient (Wildman–Crippen LogP) is 3.21. The molecule has 4 rings (SSSR count). The van der Waals surface area contributed by atoms with Crippen LogP contribution in [0.1, 0.15) is 30.9 Å². The smallest absolute Gasteiger partial charge is 0.285 e. The van der Waals surface area contributed by atoms with E-state index in [-0.39, 0.29) is 16.7 Å². The zero-order chi connectivity index (χ0) is 24.3. The van der Waals surface area contributed by atoms with Crippen LogP contribution in [-0.2, 0) is 21.4 Å². The van der Waals surface area contributed by atoms with Gasteiger partial charge in [-0.1, -0.05) is 12.1 Å². The molecule has 0 atom stereocenters. The number of amidine groups is 1. The van der Waals surface area contributed by atoms with Gasteiger partial charge in [0.2, 0.25) is 5.91 Å². The summed E-state index contributed by atoms with van der Waals surface area (Å²) in [7, 11) is -0.601. The first kappa shape index (κ1) is 23.8. The van der Waals surface area contributed by atoms with Crippen molar-refractivity contribution in [1.82, 2.24) is 10.2 Å². The lowest BCUT2D eigenvalue weighted by Crippen LogP contribution is -2.43. The summed E-state index contributed by atoms with van der Waals surface area (Å²) in [5.41, 5.74) is 2.22. The predicted molar refractivity (Wildman–Crippen MR) is 131 cm³/mol. The summed E-state index contributed by atoms with van der Waals surface area (Å²) < 4.78 is 40.1. The number of piperidine rings is 1. The molecule has 180 valence electrons. The van der Waals surface area contributed by atoms with Crippen LogP contribution >= 0.6 is 0 Å². The minimum Gasteiger partial charge on any atom is -0.497 e. The van der Waals surface area contributed by atoms with Crippen LogP contribution < -0.4 is 14.8 Å². The Morgan fingerprint density at radius 3 is 2.12 bits per heavy atom. The lowest BCUT2D eigenvalue weighted by Gasteiger charge is -2.32. The fourth-order valence-corrected chi connectivity index (χ4v) is 5.84. The highest BCUT2D eigenvalue weighted by atomic mass is 32.2. The molecule has 2 heterocycles. The van der Waals surface area contributed by atoms with E-state index in [4.69, 9.17) is 9.47 Å². The van der Waals surface area contributed by atoms with Gasteiger partial charge >= 0.3 is 0 Å². The van der Waals surface area contributed by atoms with E-state index in [1.807, 2.05) is 29.2 Å². The molecule has 1 N–H and O–H groups in total. The maximum atomic E-state index is 12.8. The third-order valence-electron chi connectivity index (χ3n) is 6.28. The number of carbonyl (C=O) groups is 1. The van der Waals surface area contributed by atoms with Crippen LogP contribution in [0, 0.1) is 5.92 Å². The Morgan fingerprint density at radius 1 is 1.00 bits per heavy atom. The van der Waals surface area contributed by atoms with Gasteiger partial charge in [0.25, 0.3) is 10.0 Å². The van der Waals surface area contributed by atoms with Gasteiger partial charge in [-0.25, -0.2) is 0 Å². The number of sulfonamides is 1. The number of nitrogens with zero attached hydrogens (tertiary/aromatic N) is 2. The van der Waals surface area contributed by atoms with E-state index in [1.165, 1.54) is 0 Å². The fraction of sp³-hybridized carbons (Fsp3) is 0.360. The number of likely N-dealkylation sites (tertiary alicyclic amines) is 1. The molecule has 0 unspecified atom stereocenters. The molecule has 0 saturated carbocycles. The summed E-state index contributed by atoms with van der Waals surface area (Å²) in [6, 6.07) is 14.5. The molecule has 1 fully saturated rings. The largest absolute Gasteiger partial charge is 0.497 e. The van der Waals surface area contributed by atoms with Crippen LogP contribution in [-0.4, -0.2) is 52.4 Å². The highest BCUT2D eigenvalue weighted by molar-refractivity contribution is 8.00. The van der Waals surface area contributed by atoms with Crippen molar-refractivity contribution in [1.29, 1.82) is 0 Å². The molecule has 0 aliphatic carbocycles. The van der Waals surface area contributed by atoms with Crippen LogP contribution in [0.5, 0.6) is 11.5 Å². The average molecular weight is 484 g/mol. The lowest BCUT2D eigenvalue weighted by molar-refractivity contribution is -0.126. The van der Waals surface area contributed by atoms with Crippen molar-refractivity contribution < 1.29 is 22.7 Å². The Morgan fingerprint density at radius 2 is 1.56 bits per heavy atom. The minimum absolute atomic E-state index is 0.0163. The number of benzene rings is 2. The molecule has 1 amide bonds. The van der Waals surface area contributed by atoms with Crippen LogP contribution in [0.2, 0.25) is 0 Å². The maximum absolute atomic E-state index is 12.8. The highest BCUT2D eigenvalue weighted by Crippen LogP contribution is 2.35. The number of ether oxygens (including phenoxy) is 2. The molecule has 0 radical (unpaired) electrons. The molecule has 0 aromatic heterocycles. The van der Waals surface area contributed by atoms with E-state index in [9.17, 15) is 13.2 Å². The molecule has 1 saturated heterocycles. The van der Waals surface area contributed by atoms with E-state index < -0.39 is 10.0 Å². The van der Waals surface area contributed by atoms with Crippen molar-refractivity contribution in [2.75, 3.05) is 27.3 Å². The molecule has 0 bridgehead atoms.